The summed E-state index contributed by atoms with van der Waals surface area (Å²) in [7, 11) is 0. The zero-order valence-electron chi connectivity index (χ0n) is 8.56. The topological polar surface area (TPSA) is 55.1 Å². The van der Waals surface area contributed by atoms with Gasteiger partial charge in [0.15, 0.2) is 0 Å². The first-order valence-corrected chi connectivity index (χ1v) is 5.46. The van der Waals surface area contributed by atoms with Crippen LogP contribution in [0, 0.1) is 11.6 Å². The van der Waals surface area contributed by atoms with Crippen LogP contribution in [0.2, 0.25) is 0 Å². The molecule has 0 fully saturated rings. The number of rotatable bonds is 3. The van der Waals surface area contributed by atoms with E-state index in [0.717, 1.165) is 12.1 Å². The summed E-state index contributed by atoms with van der Waals surface area (Å²) in [6.07, 6.45) is 0.423. The lowest BCUT2D eigenvalue weighted by Gasteiger charge is -2.11. The van der Waals surface area contributed by atoms with Crippen molar-refractivity contribution < 1.29 is 13.6 Å². The Morgan fingerprint density at radius 3 is 2.69 bits per heavy atom. The van der Waals surface area contributed by atoms with Crippen molar-refractivity contribution in [2.45, 2.75) is 19.4 Å². The highest BCUT2D eigenvalue weighted by Crippen LogP contribution is 2.23. The van der Waals surface area contributed by atoms with Crippen molar-refractivity contribution >= 4 is 27.5 Å². The molecule has 0 heterocycles. The molecule has 0 aliphatic heterocycles. The highest BCUT2D eigenvalue weighted by atomic mass is 79.9. The van der Waals surface area contributed by atoms with Crippen LogP contribution < -0.4 is 11.1 Å². The molecule has 16 heavy (non-hydrogen) atoms. The largest absolute Gasteiger partial charge is 0.322 e. The first-order valence-electron chi connectivity index (χ1n) is 4.66. The summed E-state index contributed by atoms with van der Waals surface area (Å²) in [5.74, 6) is -1.91. The van der Waals surface area contributed by atoms with Crippen LogP contribution >= 0.6 is 15.9 Å². The van der Waals surface area contributed by atoms with Crippen LogP contribution in [0.3, 0.4) is 0 Å². The molecule has 0 unspecified atom stereocenters. The minimum atomic E-state index is -0.730. The molecular weight excluding hydrogens is 282 g/mol. The SMILES string of the molecule is CC[C@@H](N)C(=O)Nc1cc(F)c(Br)cc1F. The maximum absolute atomic E-state index is 13.3. The van der Waals surface area contributed by atoms with E-state index >= 15 is 0 Å². The van der Waals surface area contributed by atoms with Crippen LogP contribution in [0.15, 0.2) is 16.6 Å². The van der Waals surface area contributed by atoms with Gasteiger partial charge >= 0.3 is 0 Å². The van der Waals surface area contributed by atoms with E-state index in [1.54, 1.807) is 6.92 Å². The molecular formula is C10H11BrF2N2O. The van der Waals surface area contributed by atoms with E-state index in [2.05, 4.69) is 21.2 Å². The summed E-state index contributed by atoms with van der Waals surface area (Å²) < 4.78 is 26.4. The fourth-order valence-corrected chi connectivity index (χ4v) is 1.34. The zero-order valence-corrected chi connectivity index (χ0v) is 10.1. The van der Waals surface area contributed by atoms with Crippen LogP contribution in [-0.4, -0.2) is 11.9 Å². The number of amides is 1. The number of carbonyl (C=O) groups excluding carboxylic acids is 1. The van der Waals surface area contributed by atoms with Crippen molar-refractivity contribution in [1.82, 2.24) is 0 Å². The lowest BCUT2D eigenvalue weighted by atomic mass is 10.2. The van der Waals surface area contributed by atoms with Gasteiger partial charge < -0.3 is 11.1 Å². The minimum absolute atomic E-state index is 0.00258. The van der Waals surface area contributed by atoms with Gasteiger partial charge in [0.2, 0.25) is 5.91 Å². The van der Waals surface area contributed by atoms with Gasteiger partial charge in [-0.2, -0.15) is 0 Å². The summed E-state index contributed by atoms with van der Waals surface area (Å²) >= 11 is 2.84. The molecule has 0 radical (unpaired) electrons. The van der Waals surface area contributed by atoms with Gasteiger partial charge in [0.25, 0.3) is 0 Å². The molecule has 88 valence electrons. The van der Waals surface area contributed by atoms with Crippen LogP contribution in [0.4, 0.5) is 14.5 Å². The maximum atomic E-state index is 13.3. The number of anilines is 1. The van der Waals surface area contributed by atoms with Crippen molar-refractivity contribution in [2.75, 3.05) is 5.32 Å². The van der Waals surface area contributed by atoms with Crippen molar-refractivity contribution in [2.24, 2.45) is 5.73 Å². The van der Waals surface area contributed by atoms with E-state index < -0.39 is 23.6 Å². The second-order valence-electron chi connectivity index (χ2n) is 3.25. The van der Waals surface area contributed by atoms with E-state index in [0.29, 0.717) is 6.42 Å². The first kappa shape index (κ1) is 13.1. The number of benzene rings is 1. The van der Waals surface area contributed by atoms with Crippen molar-refractivity contribution in [3.8, 4) is 0 Å². The van der Waals surface area contributed by atoms with Crippen molar-refractivity contribution in [1.29, 1.82) is 0 Å². The third-order valence-corrected chi connectivity index (χ3v) is 2.65. The van der Waals surface area contributed by atoms with Crippen LogP contribution in [0.1, 0.15) is 13.3 Å². The van der Waals surface area contributed by atoms with Crippen LogP contribution in [-0.2, 0) is 4.79 Å². The van der Waals surface area contributed by atoms with Crippen LogP contribution in [0.5, 0.6) is 0 Å². The lowest BCUT2D eigenvalue weighted by molar-refractivity contribution is -0.117. The smallest absolute Gasteiger partial charge is 0.241 e. The molecule has 3 N–H and O–H groups in total. The fourth-order valence-electron chi connectivity index (χ4n) is 1.03. The number of carbonyl (C=O) groups is 1. The Labute approximate surface area is 100 Å². The predicted molar refractivity (Wildman–Crippen MR) is 61.0 cm³/mol. The average Bonchev–Trinajstić information content (AvgIpc) is 2.24. The molecule has 3 nitrogen and oxygen atoms in total. The summed E-state index contributed by atoms with van der Waals surface area (Å²) in [6, 6.07) is 1.12. The Bertz CT molecular complexity index is 412. The molecule has 1 rings (SSSR count). The fraction of sp³-hybridized carbons (Fsp3) is 0.300. The van der Waals surface area contributed by atoms with Gasteiger partial charge in [0.05, 0.1) is 16.2 Å². The third-order valence-electron chi connectivity index (χ3n) is 2.04. The van der Waals surface area contributed by atoms with Gasteiger partial charge in [-0.05, 0) is 28.4 Å². The summed E-state index contributed by atoms with van der Waals surface area (Å²) in [4.78, 5) is 11.4. The maximum Gasteiger partial charge on any atom is 0.241 e. The number of nitrogens with two attached hydrogens (primary N) is 1. The molecule has 0 spiro atoms. The normalized spacial score (nSPS) is 12.3. The number of hydrogen-bond donors (Lipinski definition) is 2. The molecule has 1 aromatic rings. The number of hydrogen-bond acceptors (Lipinski definition) is 2. The van der Waals surface area contributed by atoms with Gasteiger partial charge in [0.1, 0.15) is 11.6 Å². The van der Waals surface area contributed by atoms with Crippen molar-refractivity contribution in [3.05, 3.63) is 28.2 Å². The van der Waals surface area contributed by atoms with E-state index in [4.69, 9.17) is 5.73 Å². The molecule has 1 atom stereocenters. The lowest BCUT2D eigenvalue weighted by Crippen LogP contribution is -2.35. The molecule has 0 saturated carbocycles. The Kier molecular flexibility index (Phi) is 4.37. The first-order chi connectivity index (χ1) is 7.45. The molecule has 0 aliphatic carbocycles. The Morgan fingerprint density at radius 1 is 1.50 bits per heavy atom. The molecule has 1 amide bonds. The van der Waals surface area contributed by atoms with E-state index in [-0.39, 0.29) is 10.2 Å². The highest BCUT2D eigenvalue weighted by Gasteiger charge is 2.15. The second kappa shape index (κ2) is 5.36. The van der Waals surface area contributed by atoms with E-state index in [9.17, 15) is 13.6 Å². The monoisotopic (exact) mass is 292 g/mol. The Hall–Kier alpha value is -1.01. The molecule has 0 saturated heterocycles. The molecule has 0 aromatic heterocycles. The quantitative estimate of drug-likeness (QED) is 0.841. The minimum Gasteiger partial charge on any atom is -0.322 e. The standard InChI is InChI=1S/C10H11BrF2N2O/c1-2-8(14)10(16)15-9-4-6(12)5(11)3-7(9)13/h3-4,8H,2,14H2,1H3,(H,15,16)/t8-/m1/s1. The number of nitrogens with one attached hydrogen (secondary N) is 1. The molecule has 1 aromatic carbocycles. The Morgan fingerprint density at radius 2 is 2.12 bits per heavy atom. The van der Waals surface area contributed by atoms with Gasteiger partial charge in [-0.15, -0.1) is 0 Å². The van der Waals surface area contributed by atoms with Crippen LogP contribution in [0.25, 0.3) is 0 Å². The molecule has 6 heteroatoms. The van der Waals surface area contributed by atoms with E-state index in [1.807, 2.05) is 0 Å². The molecule has 0 aliphatic rings. The average molecular weight is 293 g/mol. The molecule has 0 bridgehead atoms. The zero-order chi connectivity index (χ0) is 12.3. The summed E-state index contributed by atoms with van der Waals surface area (Å²) in [6.45, 7) is 1.72. The van der Waals surface area contributed by atoms with Gasteiger partial charge in [-0.25, -0.2) is 8.78 Å². The summed E-state index contributed by atoms with van der Waals surface area (Å²) in [5, 5.41) is 2.23. The number of halogens is 3. The third kappa shape index (κ3) is 2.99. The predicted octanol–water partition coefficient (Wildman–Crippen LogP) is 2.40. The van der Waals surface area contributed by atoms with Gasteiger partial charge in [-0.1, -0.05) is 6.92 Å². The van der Waals surface area contributed by atoms with Gasteiger partial charge in [-0.3, -0.25) is 4.79 Å². The van der Waals surface area contributed by atoms with Crippen molar-refractivity contribution in [3.63, 3.8) is 0 Å². The summed E-state index contributed by atoms with van der Waals surface area (Å²) in [5.41, 5.74) is 5.23. The highest BCUT2D eigenvalue weighted by molar-refractivity contribution is 9.10. The second-order valence-corrected chi connectivity index (χ2v) is 4.10. The van der Waals surface area contributed by atoms with Gasteiger partial charge in [0, 0.05) is 6.07 Å². The van der Waals surface area contributed by atoms with E-state index in [1.165, 1.54) is 0 Å². The Balaban J connectivity index is 2.90.